The van der Waals surface area contributed by atoms with Crippen molar-refractivity contribution in [3.05, 3.63) is 59.7 Å². The van der Waals surface area contributed by atoms with Crippen LogP contribution < -0.4 is 9.47 Å². The second-order valence-corrected chi connectivity index (χ2v) is 19.1. The highest BCUT2D eigenvalue weighted by molar-refractivity contribution is 7.63. The van der Waals surface area contributed by atoms with Crippen molar-refractivity contribution in [3.8, 4) is 11.5 Å². The molecular weight excluding hydrogens is 630 g/mol. The third kappa shape index (κ3) is 18.1. The highest BCUT2D eigenvalue weighted by Crippen LogP contribution is 2.52. The van der Waals surface area contributed by atoms with Crippen LogP contribution in [0.5, 0.6) is 11.5 Å². The van der Waals surface area contributed by atoms with Gasteiger partial charge in [-0.1, -0.05) is 89.8 Å². The van der Waals surface area contributed by atoms with Crippen molar-refractivity contribution >= 4 is 14.3 Å². The number of unbranched alkanes of at least 4 members (excludes halogenated alkanes) is 4. The normalized spacial score (nSPS) is 12.0. The lowest BCUT2D eigenvalue weighted by molar-refractivity contribution is 0.00493. The van der Waals surface area contributed by atoms with Crippen LogP contribution in [-0.2, 0) is 35.7 Å². The number of hydrogen-bond acceptors (Lipinski definition) is 7. The first-order valence-corrected chi connectivity index (χ1v) is 22.7. The number of hydrogen-bond donors (Lipinski definition) is 0. The Labute approximate surface area is 286 Å². The van der Waals surface area contributed by atoms with Crippen LogP contribution in [0.25, 0.3) is 0 Å². The Kier molecular flexibility index (Phi) is 22.4. The summed E-state index contributed by atoms with van der Waals surface area (Å²) in [6, 6.07) is 16.0. The molecule has 0 fully saturated rings. The predicted octanol–water partition coefficient (Wildman–Crippen LogP) is 10.1. The monoisotopic (exact) mass is 694 g/mol. The van der Waals surface area contributed by atoms with Crippen molar-refractivity contribution in [3.63, 3.8) is 0 Å². The van der Waals surface area contributed by atoms with E-state index in [4.69, 9.17) is 23.7 Å². The van der Waals surface area contributed by atoms with Gasteiger partial charge in [0.15, 0.2) is 0 Å². The van der Waals surface area contributed by atoms with Crippen LogP contribution >= 0.6 is 14.3 Å². The zero-order valence-corrected chi connectivity index (χ0v) is 31.7. The lowest BCUT2D eigenvalue weighted by Gasteiger charge is -2.20. The van der Waals surface area contributed by atoms with Gasteiger partial charge in [-0.25, -0.2) is 0 Å². The van der Waals surface area contributed by atoms with Gasteiger partial charge in [0, 0.05) is 48.1 Å². The first kappa shape index (κ1) is 41.6. The zero-order valence-electron chi connectivity index (χ0n) is 29.9. The van der Waals surface area contributed by atoms with Crippen molar-refractivity contribution in [1.29, 1.82) is 0 Å². The maximum Gasteiger partial charge on any atom is 0.123 e. The highest BCUT2D eigenvalue weighted by atomic mass is 31.2. The summed E-state index contributed by atoms with van der Waals surface area (Å²) in [6.45, 7) is 12.4. The quantitative estimate of drug-likeness (QED) is 0.0595. The fraction of sp³-hybridized carbons (Fsp3) is 0.684. The van der Waals surface area contributed by atoms with E-state index >= 15 is 0 Å². The molecule has 0 unspecified atom stereocenters. The molecule has 0 heterocycles. The van der Waals surface area contributed by atoms with Crippen molar-refractivity contribution in [2.24, 2.45) is 0 Å². The molecule has 2 aromatic carbocycles. The lowest BCUT2D eigenvalue weighted by Crippen LogP contribution is -2.14. The summed E-state index contributed by atoms with van der Waals surface area (Å²) in [6.07, 6.45) is 12.8. The molecular formula is C38H64O7P2. The summed E-state index contributed by atoms with van der Waals surface area (Å²) in [4.78, 5) is 0. The first-order chi connectivity index (χ1) is 22.9. The maximum absolute atomic E-state index is 13.7. The molecule has 0 saturated heterocycles. The van der Waals surface area contributed by atoms with Gasteiger partial charge in [0.1, 0.15) is 24.7 Å². The maximum atomic E-state index is 13.7. The van der Waals surface area contributed by atoms with E-state index in [1.54, 1.807) is 0 Å². The summed E-state index contributed by atoms with van der Waals surface area (Å²) in [7, 11) is -4.51. The van der Waals surface area contributed by atoms with E-state index in [9.17, 15) is 9.13 Å². The van der Waals surface area contributed by atoms with Gasteiger partial charge in [0.25, 0.3) is 0 Å². The minimum Gasteiger partial charge on any atom is -0.491 e. The predicted molar refractivity (Wildman–Crippen MR) is 198 cm³/mol. The largest absolute Gasteiger partial charge is 0.491 e. The molecule has 7 nitrogen and oxygen atoms in total. The van der Waals surface area contributed by atoms with Gasteiger partial charge in [-0.15, -0.1) is 0 Å². The van der Waals surface area contributed by atoms with Crippen molar-refractivity contribution in [2.45, 2.75) is 91.4 Å². The van der Waals surface area contributed by atoms with Crippen LogP contribution in [0.1, 0.15) is 90.2 Å². The molecule has 0 aliphatic heterocycles. The van der Waals surface area contributed by atoms with Gasteiger partial charge in [-0.2, -0.15) is 0 Å². The SMILES string of the molecule is CCCCP(=O)(CCCC)Cc1ccccc1OCCOCCOCCOCCOc1ccccc1CP(=O)(CCCC)CCCC. The molecule has 0 atom stereocenters. The minimum atomic E-state index is -2.26. The first-order valence-electron chi connectivity index (χ1n) is 18.2. The molecule has 47 heavy (non-hydrogen) atoms. The third-order valence-electron chi connectivity index (χ3n) is 8.25. The number of rotatable bonds is 30. The topological polar surface area (TPSA) is 80.3 Å². The second kappa shape index (κ2) is 25.4. The van der Waals surface area contributed by atoms with Gasteiger partial charge in [0.05, 0.1) is 53.9 Å². The van der Waals surface area contributed by atoms with E-state index in [0.29, 0.717) is 65.2 Å². The van der Waals surface area contributed by atoms with Crippen LogP contribution in [0, 0.1) is 0 Å². The molecule has 2 rings (SSSR count). The fourth-order valence-electron chi connectivity index (χ4n) is 5.46. The Balaban J connectivity index is 1.60. The smallest absolute Gasteiger partial charge is 0.123 e. The summed E-state index contributed by atoms with van der Waals surface area (Å²) < 4.78 is 56.5. The minimum absolute atomic E-state index is 0.437. The van der Waals surface area contributed by atoms with Gasteiger partial charge in [-0.3, -0.25) is 0 Å². The Hall–Kier alpha value is -1.62. The molecule has 0 amide bonds. The van der Waals surface area contributed by atoms with E-state index in [1.807, 2.05) is 48.5 Å². The standard InChI is InChI=1S/C38H64O7P2/c1-5-9-29-46(39,30-10-6-2)33-35-17-13-15-19-37(35)44-27-25-42-23-21-41-22-24-43-26-28-45-38-20-16-14-18-36(38)34-47(40,31-11-7-3)32-12-8-4/h13-20H,5-12,21-34H2,1-4H3. The molecule has 0 saturated carbocycles. The average molecular weight is 695 g/mol. The number of ether oxygens (including phenoxy) is 5. The number of benzene rings is 2. The van der Waals surface area contributed by atoms with Crippen LogP contribution in [0.3, 0.4) is 0 Å². The van der Waals surface area contributed by atoms with Gasteiger partial charge in [0.2, 0.25) is 0 Å². The van der Waals surface area contributed by atoms with Crippen LogP contribution in [-0.4, -0.2) is 77.5 Å². The summed E-state index contributed by atoms with van der Waals surface area (Å²) in [5, 5.41) is 0. The molecule has 9 heteroatoms. The molecule has 0 spiro atoms. The Morgan fingerprint density at radius 3 is 1.06 bits per heavy atom. The molecule has 0 aromatic heterocycles. The summed E-state index contributed by atoms with van der Waals surface area (Å²) in [5.74, 6) is 1.62. The van der Waals surface area contributed by atoms with E-state index in [-0.39, 0.29) is 0 Å². The summed E-state index contributed by atoms with van der Waals surface area (Å²) >= 11 is 0. The molecule has 0 N–H and O–H groups in total. The van der Waals surface area contributed by atoms with Crippen molar-refractivity contribution < 1.29 is 32.8 Å². The van der Waals surface area contributed by atoms with E-state index < -0.39 is 14.3 Å². The molecule has 0 radical (unpaired) electrons. The molecule has 0 aliphatic rings. The van der Waals surface area contributed by atoms with E-state index in [2.05, 4.69) is 27.7 Å². The molecule has 2 aromatic rings. The number of para-hydroxylation sites is 2. The molecule has 0 aliphatic carbocycles. The fourth-order valence-corrected chi connectivity index (χ4v) is 11.9. The third-order valence-corrected chi connectivity index (χ3v) is 14.6. The van der Waals surface area contributed by atoms with E-state index in [1.165, 1.54) is 0 Å². The van der Waals surface area contributed by atoms with Gasteiger partial charge in [-0.05, 0) is 37.8 Å². The Bertz CT molecular complexity index is 1060. The van der Waals surface area contributed by atoms with Crippen molar-refractivity contribution in [1.82, 2.24) is 0 Å². The molecule has 268 valence electrons. The Morgan fingerprint density at radius 2 is 0.745 bits per heavy atom. The van der Waals surface area contributed by atoms with Crippen molar-refractivity contribution in [2.75, 3.05) is 77.5 Å². The van der Waals surface area contributed by atoms with Gasteiger partial charge >= 0.3 is 0 Å². The Morgan fingerprint density at radius 1 is 0.447 bits per heavy atom. The average Bonchev–Trinajstić information content (AvgIpc) is 3.08. The van der Waals surface area contributed by atoms with E-state index in [0.717, 1.165) is 98.6 Å². The van der Waals surface area contributed by atoms with Crippen LogP contribution in [0.15, 0.2) is 48.5 Å². The zero-order chi connectivity index (χ0) is 34.1. The second-order valence-electron chi connectivity index (χ2n) is 12.5. The molecule has 0 bridgehead atoms. The summed E-state index contributed by atoms with van der Waals surface area (Å²) in [5.41, 5.74) is 2.08. The lowest BCUT2D eigenvalue weighted by atomic mass is 10.2. The van der Waals surface area contributed by atoms with Crippen LogP contribution in [0.4, 0.5) is 0 Å². The van der Waals surface area contributed by atoms with Gasteiger partial charge < -0.3 is 32.8 Å². The highest BCUT2D eigenvalue weighted by Gasteiger charge is 2.24. The van der Waals surface area contributed by atoms with Crippen LogP contribution in [0.2, 0.25) is 0 Å².